The van der Waals surface area contributed by atoms with Gasteiger partial charge in [-0.05, 0) is 11.5 Å². The Hall–Kier alpha value is -1.92. The molecule has 0 saturated heterocycles. The predicted octanol–water partition coefficient (Wildman–Crippen LogP) is 1.25. The van der Waals surface area contributed by atoms with Crippen molar-refractivity contribution in [1.82, 2.24) is 4.72 Å². The van der Waals surface area contributed by atoms with Gasteiger partial charge >= 0.3 is 0 Å². The van der Waals surface area contributed by atoms with E-state index in [9.17, 15) is 13.2 Å². The minimum atomic E-state index is -3.69. The van der Waals surface area contributed by atoms with Crippen LogP contribution < -0.4 is 4.72 Å². The lowest BCUT2D eigenvalue weighted by Gasteiger charge is -2.08. The number of sulfonamides is 1. The van der Waals surface area contributed by atoms with Crippen molar-refractivity contribution in [2.75, 3.05) is 6.73 Å². The second-order valence-corrected chi connectivity index (χ2v) is 5.27. The average Bonchev–Trinajstić information content (AvgIpc) is 2.38. The van der Waals surface area contributed by atoms with Crippen LogP contribution in [0, 0.1) is 0 Å². The molecule has 0 aliphatic carbocycles. The van der Waals surface area contributed by atoms with Gasteiger partial charge in [-0.1, -0.05) is 36.4 Å². The van der Waals surface area contributed by atoms with Gasteiger partial charge in [-0.25, -0.2) is 8.42 Å². The van der Waals surface area contributed by atoms with Crippen LogP contribution in [0.5, 0.6) is 0 Å². The Morgan fingerprint density at radius 3 is 2.61 bits per heavy atom. The van der Waals surface area contributed by atoms with Gasteiger partial charge in [0, 0.05) is 5.39 Å². The molecule has 0 fully saturated rings. The topological polar surface area (TPSA) is 72.5 Å². The molecule has 0 aliphatic heterocycles. The first-order valence-corrected chi connectivity index (χ1v) is 6.66. The van der Waals surface area contributed by atoms with Gasteiger partial charge in [0.25, 0.3) is 6.47 Å². The second kappa shape index (κ2) is 5.16. The van der Waals surface area contributed by atoms with Gasteiger partial charge in [0.1, 0.15) is 0 Å². The smallest absolute Gasteiger partial charge is 0.294 e. The molecule has 94 valence electrons. The number of nitrogens with one attached hydrogen (secondary N) is 1. The van der Waals surface area contributed by atoms with Crippen LogP contribution in [-0.2, 0) is 19.6 Å². The van der Waals surface area contributed by atoms with E-state index in [4.69, 9.17) is 0 Å². The van der Waals surface area contributed by atoms with Crippen molar-refractivity contribution in [3.63, 3.8) is 0 Å². The fourth-order valence-corrected chi connectivity index (χ4v) is 2.77. The molecule has 0 aliphatic rings. The fourth-order valence-electron chi connectivity index (χ4n) is 1.65. The predicted molar refractivity (Wildman–Crippen MR) is 66.3 cm³/mol. The maximum atomic E-state index is 12.0. The lowest BCUT2D eigenvalue weighted by molar-refractivity contribution is -0.128. The number of rotatable bonds is 5. The Labute approximate surface area is 104 Å². The summed E-state index contributed by atoms with van der Waals surface area (Å²) in [6, 6.07) is 12.2. The minimum absolute atomic E-state index is 0.162. The highest BCUT2D eigenvalue weighted by molar-refractivity contribution is 7.89. The van der Waals surface area contributed by atoms with Crippen LogP contribution in [0.25, 0.3) is 10.8 Å². The third-order valence-corrected chi connectivity index (χ3v) is 3.87. The standard InChI is InChI=1S/C12H11NO4S/c14-9-17-8-13-18(15,16)12-7-3-5-10-4-1-2-6-11(10)12/h1-7,9,13H,8H2. The highest BCUT2D eigenvalue weighted by atomic mass is 32.2. The van der Waals surface area contributed by atoms with Crippen molar-refractivity contribution in [3.05, 3.63) is 42.5 Å². The highest BCUT2D eigenvalue weighted by Gasteiger charge is 2.16. The number of fused-ring (bicyclic) bond motifs is 1. The van der Waals surface area contributed by atoms with Crippen molar-refractivity contribution in [3.8, 4) is 0 Å². The molecule has 0 bridgehead atoms. The molecular weight excluding hydrogens is 254 g/mol. The van der Waals surface area contributed by atoms with E-state index in [1.165, 1.54) is 6.07 Å². The molecule has 5 nitrogen and oxygen atoms in total. The summed E-state index contributed by atoms with van der Waals surface area (Å²) in [7, 11) is -3.69. The van der Waals surface area contributed by atoms with Crippen LogP contribution in [0.15, 0.2) is 47.4 Å². The summed E-state index contributed by atoms with van der Waals surface area (Å²) >= 11 is 0. The van der Waals surface area contributed by atoms with Crippen LogP contribution in [0.3, 0.4) is 0 Å². The molecule has 0 spiro atoms. The Balaban J connectivity index is 2.44. The van der Waals surface area contributed by atoms with Crippen LogP contribution in [-0.4, -0.2) is 21.6 Å². The van der Waals surface area contributed by atoms with E-state index in [0.717, 1.165) is 5.39 Å². The summed E-state index contributed by atoms with van der Waals surface area (Å²) in [5.74, 6) is 0. The van der Waals surface area contributed by atoms with E-state index in [1.54, 1.807) is 18.2 Å². The van der Waals surface area contributed by atoms with Crippen LogP contribution in [0.4, 0.5) is 0 Å². The van der Waals surface area contributed by atoms with Gasteiger partial charge in [0.2, 0.25) is 10.0 Å². The monoisotopic (exact) mass is 265 g/mol. The molecule has 0 saturated carbocycles. The van der Waals surface area contributed by atoms with Gasteiger partial charge in [0.05, 0.1) is 4.90 Å². The molecule has 0 aromatic heterocycles. The number of carbonyl (C=O) groups excluding carboxylic acids is 1. The lowest BCUT2D eigenvalue weighted by Crippen LogP contribution is -2.26. The van der Waals surface area contributed by atoms with Gasteiger partial charge in [-0.2, -0.15) is 4.72 Å². The summed E-state index contributed by atoms with van der Waals surface area (Å²) < 4.78 is 30.5. The first-order chi connectivity index (χ1) is 8.65. The van der Waals surface area contributed by atoms with Crippen molar-refractivity contribution in [1.29, 1.82) is 0 Å². The molecular formula is C12H11NO4S. The fraction of sp³-hybridized carbons (Fsp3) is 0.0833. The second-order valence-electron chi connectivity index (χ2n) is 3.53. The first kappa shape index (κ1) is 12.5. The summed E-state index contributed by atoms with van der Waals surface area (Å²) in [6.07, 6.45) is 0. The third-order valence-electron chi connectivity index (χ3n) is 2.44. The zero-order valence-corrected chi connectivity index (χ0v) is 10.2. The molecule has 2 rings (SSSR count). The number of hydrogen-bond acceptors (Lipinski definition) is 4. The van der Waals surface area contributed by atoms with Crippen molar-refractivity contribution >= 4 is 27.3 Å². The van der Waals surface area contributed by atoms with Gasteiger partial charge in [-0.15, -0.1) is 0 Å². The Morgan fingerprint density at radius 1 is 1.11 bits per heavy atom. The Kier molecular flexibility index (Phi) is 3.59. The number of hydrogen-bond donors (Lipinski definition) is 1. The molecule has 0 unspecified atom stereocenters. The number of ether oxygens (including phenoxy) is 1. The first-order valence-electron chi connectivity index (χ1n) is 5.18. The molecule has 18 heavy (non-hydrogen) atoms. The van der Waals surface area contributed by atoms with Gasteiger partial charge in [-0.3, -0.25) is 4.79 Å². The Morgan fingerprint density at radius 2 is 1.83 bits per heavy atom. The number of benzene rings is 2. The van der Waals surface area contributed by atoms with Crippen LogP contribution >= 0.6 is 0 Å². The zero-order chi connectivity index (χ0) is 13.0. The van der Waals surface area contributed by atoms with E-state index >= 15 is 0 Å². The molecule has 0 amide bonds. The molecule has 2 aromatic carbocycles. The van der Waals surface area contributed by atoms with Gasteiger partial charge < -0.3 is 4.74 Å². The van der Waals surface area contributed by atoms with E-state index in [2.05, 4.69) is 9.46 Å². The largest absolute Gasteiger partial charge is 0.451 e. The SMILES string of the molecule is O=COCNS(=O)(=O)c1cccc2ccccc12. The molecule has 0 heterocycles. The van der Waals surface area contributed by atoms with Crippen LogP contribution in [0.2, 0.25) is 0 Å². The van der Waals surface area contributed by atoms with Crippen molar-refractivity contribution in [2.24, 2.45) is 0 Å². The number of carbonyl (C=O) groups is 1. The molecule has 0 atom stereocenters. The third kappa shape index (κ3) is 2.49. The van der Waals surface area contributed by atoms with Crippen molar-refractivity contribution in [2.45, 2.75) is 4.90 Å². The normalized spacial score (nSPS) is 11.3. The average molecular weight is 265 g/mol. The van der Waals surface area contributed by atoms with E-state index in [0.29, 0.717) is 5.39 Å². The zero-order valence-electron chi connectivity index (χ0n) is 9.37. The van der Waals surface area contributed by atoms with Crippen molar-refractivity contribution < 1.29 is 17.9 Å². The molecule has 0 radical (unpaired) electrons. The van der Waals surface area contributed by atoms with Gasteiger partial charge in [0.15, 0.2) is 6.73 Å². The highest BCUT2D eigenvalue weighted by Crippen LogP contribution is 2.22. The summed E-state index contributed by atoms with van der Waals surface area (Å²) in [6.45, 7) is -0.194. The van der Waals surface area contributed by atoms with E-state index in [1.807, 2.05) is 18.2 Å². The maximum absolute atomic E-state index is 12.0. The summed E-state index contributed by atoms with van der Waals surface area (Å²) in [5, 5.41) is 1.45. The summed E-state index contributed by atoms with van der Waals surface area (Å²) in [4.78, 5) is 10.1. The molecule has 6 heteroatoms. The quantitative estimate of drug-likeness (QED) is 0.501. The summed E-state index contributed by atoms with van der Waals surface area (Å²) in [5.41, 5.74) is 0. The Bertz CT molecular complexity index is 661. The van der Waals surface area contributed by atoms with Crippen LogP contribution in [0.1, 0.15) is 0 Å². The van der Waals surface area contributed by atoms with E-state index < -0.39 is 10.0 Å². The maximum Gasteiger partial charge on any atom is 0.294 e. The minimum Gasteiger partial charge on any atom is -0.451 e. The molecule has 1 N–H and O–H groups in total. The lowest BCUT2D eigenvalue weighted by atomic mass is 10.1. The van der Waals surface area contributed by atoms with E-state index in [-0.39, 0.29) is 18.1 Å². The molecule has 2 aromatic rings.